The fraction of sp³-hybridized carbons (Fsp3) is 0.176. The molecule has 5 nitrogen and oxygen atoms in total. The smallest absolute Gasteiger partial charge is 0.181 e. The molecule has 0 saturated carbocycles. The minimum atomic E-state index is -0.350. The molecule has 0 saturated heterocycles. The lowest BCUT2D eigenvalue weighted by Gasteiger charge is -2.09. The Morgan fingerprint density at radius 2 is 1.91 bits per heavy atom. The van der Waals surface area contributed by atoms with Crippen molar-refractivity contribution in [3.8, 4) is 17.1 Å². The zero-order valence-electron chi connectivity index (χ0n) is 12.6. The first-order valence-corrected chi connectivity index (χ1v) is 7.06. The van der Waals surface area contributed by atoms with Crippen LogP contribution in [0.15, 0.2) is 48.5 Å². The summed E-state index contributed by atoms with van der Waals surface area (Å²) < 4.78 is 5.15. The number of nitrogens with two attached hydrogens (primary N) is 1. The normalized spacial score (nSPS) is 12.1. The van der Waals surface area contributed by atoms with Crippen molar-refractivity contribution in [1.82, 2.24) is 15.2 Å². The van der Waals surface area contributed by atoms with Crippen LogP contribution in [0.5, 0.6) is 5.75 Å². The van der Waals surface area contributed by atoms with Gasteiger partial charge in [-0.1, -0.05) is 35.9 Å². The number of rotatable bonds is 4. The lowest BCUT2D eigenvalue weighted by molar-refractivity contribution is 0.414. The van der Waals surface area contributed by atoms with Gasteiger partial charge in [0.15, 0.2) is 5.82 Å². The Hall–Kier alpha value is -2.66. The maximum absolute atomic E-state index is 6.25. The highest BCUT2D eigenvalue weighted by Crippen LogP contribution is 2.22. The van der Waals surface area contributed by atoms with E-state index in [1.54, 1.807) is 7.11 Å². The molecule has 3 N–H and O–H groups in total. The van der Waals surface area contributed by atoms with Crippen LogP contribution in [0, 0.1) is 6.92 Å². The first kappa shape index (κ1) is 14.3. The minimum Gasteiger partial charge on any atom is -0.497 e. The van der Waals surface area contributed by atoms with Crippen LogP contribution in [0.2, 0.25) is 0 Å². The molecule has 0 aliphatic carbocycles. The van der Waals surface area contributed by atoms with Crippen molar-refractivity contribution in [2.75, 3.05) is 7.11 Å². The molecular formula is C17H18N4O. The third-order valence-electron chi connectivity index (χ3n) is 3.55. The number of nitrogens with zero attached hydrogens (tertiary/aromatic N) is 2. The molecule has 1 aromatic heterocycles. The van der Waals surface area contributed by atoms with E-state index in [0.29, 0.717) is 11.6 Å². The Bertz CT molecular complexity index is 764. The molecule has 0 unspecified atom stereocenters. The predicted molar refractivity (Wildman–Crippen MR) is 85.6 cm³/mol. The SMILES string of the molecule is COc1ccc([C@@H](N)c2nc(-c3cccc(C)c3)n[nH]2)cc1. The van der Waals surface area contributed by atoms with Gasteiger partial charge in [0, 0.05) is 5.56 Å². The van der Waals surface area contributed by atoms with Crippen LogP contribution in [0.3, 0.4) is 0 Å². The molecule has 2 aromatic carbocycles. The number of hydrogen-bond donors (Lipinski definition) is 2. The van der Waals surface area contributed by atoms with Crippen LogP contribution >= 0.6 is 0 Å². The minimum absolute atomic E-state index is 0.350. The maximum Gasteiger partial charge on any atom is 0.181 e. The number of ether oxygens (including phenoxy) is 1. The fourth-order valence-electron chi connectivity index (χ4n) is 2.30. The van der Waals surface area contributed by atoms with E-state index in [0.717, 1.165) is 16.9 Å². The Morgan fingerprint density at radius 3 is 2.59 bits per heavy atom. The Morgan fingerprint density at radius 1 is 1.14 bits per heavy atom. The second-order valence-corrected chi connectivity index (χ2v) is 5.16. The lowest BCUT2D eigenvalue weighted by atomic mass is 10.1. The first-order valence-electron chi connectivity index (χ1n) is 7.06. The van der Waals surface area contributed by atoms with Crippen molar-refractivity contribution in [2.24, 2.45) is 5.73 Å². The van der Waals surface area contributed by atoms with Gasteiger partial charge in [0.1, 0.15) is 11.6 Å². The van der Waals surface area contributed by atoms with E-state index < -0.39 is 0 Å². The van der Waals surface area contributed by atoms with E-state index in [9.17, 15) is 0 Å². The predicted octanol–water partition coefficient (Wildman–Crippen LogP) is 2.84. The summed E-state index contributed by atoms with van der Waals surface area (Å²) in [7, 11) is 1.64. The van der Waals surface area contributed by atoms with E-state index in [1.807, 2.05) is 55.5 Å². The number of nitrogens with one attached hydrogen (secondary N) is 1. The zero-order chi connectivity index (χ0) is 15.5. The summed E-state index contributed by atoms with van der Waals surface area (Å²) in [6.07, 6.45) is 0. The third kappa shape index (κ3) is 2.84. The van der Waals surface area contributed by atoms with Crippen LogP contribution in [-0.4, -0.2) is 22.3 Å². The topological polar surface area (TPSA) is 76.8 Å². The number of hydrogen-bond acceptors (Lipinski definition) is 4. The summed E-state index contributed by atoms with van der Waals surface area (Å²) >= 11 is 0. The highest BCUT2D eigenvalue weighted by molar-refractivity contribution is 5.55. The van der Waals surface area contributed by atoms with Crippen LogP contribution < -0.4 is 10.5 Å². The van der Waals surface area contributed by atoms with Gasteiger partial charge in [-0.3, -0.25) is 5.10 Å². The van der Waals surface area contributed by atoms with Crippen LogP contribution in [0.4, 0.5) is 0 Å². The molecule has 0 aliphatic rings. The van der Waals surface area contributed by atoms with Crippen molar-refractivity contribution in [3.05, 3.63) is 65.5 Å². The number of benzene rings is 2. The lowest BCUT2D eigenvalue weighted by Crippen LogP contribution is -2.13. The molecule has 0 aliphatic heterocycles. The number of aryl methyl sites for hydroxylation is 1. The molecule has 3 aromatic rings. The fourth-order valence-corrected chi connectivity index (χ4v) is 2.30. The summed E-state index contributed by atoms with van der Waals surface area (Å²) in [5.41, 5.74) is 9.35. The molecule has 0 bridgehead atoms. The highest BCUT2D eigenvalue weighted by Gasteiger charge is 2.15. The van der Waals surface area contributed by atoms with Crippen molar-refractivity contribution >= 4 is 0 Å². The highest BCUT2D eigenvalue weighted by atomic mass is 16.5. The van der Waals surface area contributed by atoms with E-state index >= 15 is 0 Å². The molecule has 1 heterocycles. The molecule has 0 spiro atoms. The van der Waals surface area contributed by atoms with E-state index in [2.05, 4.69) is 15.2 Å². The molecule has 0 amide bonds. The van der Waals surface area contributed by atoms with Gasteiger partial charge >= 0.3 is 0 Å². The van der Waals surface area contributed by atoms with Crippen LogP contribution in [0.1, 0.15) is 23.0 Å². The summed E-state index contributed by atoms with van der Waals surface area (Å²) in [5, 5.41) is 7.20. The zero-order valence-corrected chi connectivity index (χ0v) is 12.6. The first-order chi connectivity index (χ1) is 10.7. The Labute approximate surface area is 129 Å². The second-order valence-electron chi connectivity index (χ2n) is 5.16. The van der Waals surface area contributed by atoms with Gasteiger partial charge < -0.3 is 10.5 Å². The molecule has 112 valence electrons. The average Bonchev–Trinajstić information content (AvgIpc) is 3.04. The number of aromatic amines is 1. The average molecular weight is 294 g/mol. The quantitative estimate of drug-likeness (QED) is 0.775. The van der Waals surface area contributed by atoms with E-state index in [-0.39, 0.29) is 6.04 Å². The van der Waals surface area contributed by atoms with Crippen LogP contribution in [-0.2, 0) is 0 Å². The maximum atomic E-state index is 6.25. The summed E-state index contributed by atoms with van der Waals surface area (Å²) in [4.78, 5) is 4.52. The molecule has 0 fully saturated rings. The van der Waals surface area contributed by atoms with Gasteiger partial charge in [-0.05, 0) is 30.7 Å². The van der Waals surface area contributed by atoms with Gasteiger partial charge in [0.05, 0.1) is 13.2 Å². The van der Waals surface area contributed by atoms with Crippen molar-refractivity contribution < 1.29 is 4.74 Å². The standard InChI is InChI=1S/C17H18N4O/c1-11-4-3-5-13(10-11)16-19-17(21-20-16)15(18)12-6-8-14(22-2)9-7-12/h3-10,15H,18H2,1-2H3,(H,19,20,21)/t15-/m1/s1. The largest absolute Gasteiger partial charge is 0.497 e. The van der Waals surface area contributed by atoms with Crippen molar-refractivity contribution in [1.29, 1.82) is 0 Å². The Kier molecular flexibility index (Phi) is 3.89. The molecule has 1 atom stereocenters. The molecular weight excluding hydrogens is 276 g/mol. The number of H-pyrrole nitrogens is 1. The van der Waals surface area contributed by atoms with Crippen molar-refractivity contribution in [2.45, 2.75) is 13.0 Å². The van der Waals surface area contributed by atoms with Gasteiger partial charge in [-0.2, -0.15) is 5.10 Å². The van der Waals surface area contributed by atoms with Gasteiger partial charge in [0.2, 0.25) is 0 Å². The summed E-state index contributed by atoms with van der Waals surface area (Å²) in [5.74, 6) is 2.10. The monoisotopic (exact) mass is 294 g/mol. The van der Waals surface area contributed by atoms with E-state index in [4.69, 9.17) is 10.5 Å². The molecule has 0 radical (unpaired) electrons. The third-order valence-corrected chi connectivity index (χ3v) is 3.55. The van der Waals surface area contributed by atoms with Gasteiger partial charge in [-0.25, -0.2) is 4.98 Å². The molecule has 5 heteroatoms. The van der Waals surface area contributed by atoms with Gasteiger partial charge in [-0.15, -0.1) is 0 Å². The summed E-state index contributed by atoms with van der Waals surface area (Å²) in [6, 6.07) is 15.3. The second kappa shape index (κ2) is 5.99. The van der Waals surface area contributed by atoms with Crippen molar-refractivity contribution in [3.63, 3.8) is 0 Å². The van der Waals surface area contributed by atoms with Gasteiger partial charge in [0.25, 0.3) is 0 Å². The number of methoxy groups -OCH3 is 1. The van der Waals surface area contributed by atoms with E-state index in [1.165, 1.54) is 5.56 Å². The van der Waals surface area contributed by atoms with Crippen LogP contribution in [0.25, 0.3) is 11.4 Å². The summed E-state index contributed by atoms with van der Waals surface area (Å²) in [6.45, 7) is 2.04. The number of aromatic nitrogens is 3. The molecule has 3 rings (SSSR count). The Balaban J connectivity index is 1.86. The molecule has 22 heavy (non-hydrogen) atoms.